The van der Waals surface area contributed by atoms with Crippen LogP contribution in [-0.2, 0) is 14.4 Å². The Morgan fingerprint density at radius 1 is 1.08 bits per heavy atom. The Hall–Kier alpha value is -2.97. The number of phenols is 1. The highest BCUT2D eigenvalue weighted by molar-refractivity contribution is 6.24. The monoisotopic (exact) mass is 510 g/mol. The standard InChI is InChI=1S/C29H34O8/c1-3-28(10-5-4-6-11-28)13-19(32)22-18(31)12-16-24(33)20-14(2)15-8-7-9-17(30)21(15)25(34)23(20)27(36)29(16,37)26(22)35/h7-9,14,16,20,24,30,33-35,37H,3-6,10-13H2,1-2H3/t14-,16+,20+,24+,29+/m0/s1. The van der Waals surface area contributed by atoms with Crippen molar-refractivity contribution >= 4 is 23.1 Å². The third-order valence-electron chi connectivity index (χ3n) is 9.60. The summed E-state index contributed by atoms with van der Waals surface area (Å²) in [5.74, 6) is -7.19. The van der Waals surface area contributed by atoms with Crippen molar-refractivity contribution in [1.29, 1.82) is 0 Å². The van der Waals surface area contributed by atoms with E-state index in [0.717, 1.165) is 38.5 Å². The largest absolute Gasteiger partial charge is 0.508 e. The van der Waals surface area contributed by atoms with Crippen LogP contribution < -0.4 is 0 Å². The summed E-state index contributed by atoms with van der Waals surface area (Å²) in [5, 5.41) is 55.8. The highest BCUT2D eigenvalue weighted by Crippen LogP contribution is 2.56. The van der Waals surface area contributed by atoms with Crippen LogP contribution in [-0.4, -0.2) is 54.6 Å². The minimum Gasteiger partial charge on any atom is -0.508 e. The molecule has 0 aromatic heterocycles. The van der Waals surface area contributed by atoms with Gasteiger partial charge in [-0.1, -0.05) is 51.7 Å². The van der Waals surface area contributed by atoms with Crippen molar-refractivity contribution in [2.45, 2.75) is 82.8 Å². The molecule has 0 radical (unpaired) electrons. The first-order chi connectivity index (χ1) is 17.5. The molecule has 4 aliphatic carbocycles. The summed E-state index contributed by atoms with van der Waals surface area (Å²) in [6, 6.07) is 4.61. The van der Waals surface area contributed by atoms with Crippen LogP contribution in [0.15, 0.2) is 35.1 Å². The fourth-order valence-electron chi connectivity index (χ4n) is 7.38. The molecular weight excluding hydrogens is 476 g/mol. The molecule has 2 fully saturated rings. The van der Waals surface area contributed by atoms with Gasteiger partial charge in [-0.25, -0.2) is 0 Å². The average Bonchev–Trinajstić information content (AvgIpc) is 2.87. The third kappa shape index (κ3) is 3.52. The number of fused-ring (bicyclic) bond motifs is 3. The molecule has 0 heterocycles. The number of hydrogen-bond donors (Lipinski definition) is 5. The van der Waals surface area contributed by atoms with Crippen molar-refractivity contribution in [2.24, 2.45) is 17.3 Å². The quantitative estimate of drug-likeness (QED) is 0.384. The van der Waals surface area contributed by atoms with Gasteiger partial charge in [0.15, 0.2) is 17.2 Å². The van der Waals surface area contributed by atoms with Gasteiger partial charge in [0.1, 0.15) is 22.8 Å². The van der Waals surface area contributed by atoms with Crippen LogP contribution in [0.2, 0.25) is 0 Å². The van der Waals surface area contributed by atoms with Gasteiger partial charge < -0.3 is 25.5 Å². The zero-order valence-electron chi connectivity index (χ0n) is 21.2. The van der Waals surface area contributed by atoms with Gasteiger partial charge in [-0.3, -0.25) is 14.4 Å². The number of carbonyl (C=O) groups excluding carboxylic acids is 3. The van der Waals surface area contributed by atoms with E-state index in [2.05, 4.69) is 0 Å². The molecule has 2 saturated carbocycles. The second-order valence-electron chi connectivity index (χ2n) is 11.4. The van der Waals surface area contributed by atoms with E-state index in [1.807, 2.05) is 6.92 Å². The summed E-state index contributed by atoms with van der Waals surface area (Å²) in [5.41, 5.74) is -3.41. The molecule has 8 heteroatoms. The third-order valence-corrected chi connectivity index (χ3v) is 9.60. The van der Waals surface area contributed by atoms with Crippen LogP contribution in [0.5, 0.6) is 5.75 Å². The molecule has 198 valence electrons. The lowest BCUT2D eigenvalue weighted by Crippen LogP contribution is -2.63. The van der Waals surface area contributed by atoms with Crippen molar-refractivity contribution in [2.75, 3.05) is 0 Å². The predicted octanol–water partition coefficient (Wildman–Crippen LogP) is 3.79. The van der Waals surface area contributed by atoms with E-state index in [1.54, 1.807) is 19.1 Å². The molecule has 5 rings (SSSR count). The van der Waals surface area contributed by atoms with Crippen molar-refractivity contribution < 1.29 is 39.9 Å². The number of rotatable bonds is 4. The van der Waals surface area contributed by atoms with Crippen LogP contribution in [0.1, 0.15) is 82.3 Å². The number of aliphatic hydroxyl groups excluding tert-OH is 3. The summed E-state index contributed by atoms with van der Waals surface area (Å²) in [6.07, 6.45) is 3.46. The zero-order chi connectivity index (χ0) is 26.9. The Morgan fingerprint density at radius 3 is 2.41 bits per heavy atom. The first-order valence-electron chi connectivity index (χ1n) is 13.2. The van der Waals surface area contributed by atoms with Gasteiger partial charge >= 0.3 is 0 Å². The molecule has 5 N–H and O–H groups in total. The summed E-state index contributed by atoms with van der Waals surface area (Å²) in [7, 11) is 0. The van der Waals surface area contributed by atoms with Crippen molar-refractivity contribution in [3.8, 4) is 5.75 Å². The highest BCUT2D eigenvalue weighted by Gasteiger charge is 2.65. The molecule has 0 unspecified atom stereocenters. The maximum absolute atomic E-state index is 13.9. The molecule has 5 atom stereocenters. The molecule has 0 spiro atoms. The Labute approximate surface area is 215 Å². The van der Waals surface area contributed by atoms with E-state index in [4.69, 9.17) is 0 Å². The van der Waals surface area contributed by atoms with Crippen LogP contribution in [0.25, 0.3) is 5.76 Å². The summed E-state index contributed by atoms with van der Waals surface area (Å²) in [6.45, 7) is 3.72. The Morgan fingerprint density at radius 2 is 1.76 bits per heavy atom. The van der Waals surface area contributed by atoms with Crippen LogP contribution in [0, 0.1) is 17.3 Å². The number of Topliss-reactive ketones (excluding diaryl/α,β-unsaturated/α-hetero) is 3. The van der Waals surface area contributed by atoms with Gasteiger partial charge in [-0.2, -0.15) is 0 Å². The van der Waals surface area contributed by atoms with Crippen molar-refractivity contribution in [3.05, 3.63) is 46.2 Å². The number of hydrogen-bond acceptors (Lipinski definition) is 8. The smallest absolute Gasteiger partial charge is 0.202 e. The lowest BCUT2D eigenvalue weighted by molar-refractivity contribution is -0.160. The maximum atomic E-state index is 13.9. The Bertz CT molecular complexity index is 1250. The van der Waals surface area contributed by atoms with Gasteiger partial charge in [0.25, 0.3) is 0 Å². The Kier molecular flexibility index (Phi) is 6.11. The maximum Gasteiger partial charge on any atom is 0.202 e. The average molecular weight is 511 g/mol. The molecule has 0 aliphatic heterocycles. The van der Waals surface area contributed by atoms with Gasteiger partial charge in [-0.05, 0) is 35.8 Å². The molecule has 8 nitrogen and oxygen atoms in total. The summed E-state index contributed by atoms with van der Waals surface area (Å²) < 4.78 is 0. The second kappa shape index (κ2) is 8.81. The molecule has 0 saturated heterocycles. The van der Waals surface area contributed by atoms with Gasteiger partial charge in [0.05, 0.1) is 11.7 Å². The topological polar surface area (TPSA) is 152 Å². The number of aromatic hydroxyl groups is 1. The lowest BCUT2D eigenvalue weighted by atomic mass is 9.55. The molecule has 0 amide bonds. The molecule has 0 bridgehead atoms. The summed E-state index contributed by atoms with van der Waals surface area (Å²) in [4.78, 5) is 40.5. The van der Waals surface area contributed by atoms with Gasteiger partial charge in [-0.15, -0.1) is 0 Å². The molecule has 4 aliphatic rings. The normalized spacial score (nSPS) is 33.1. The predicted molar refractivity (Wildman–Crippen MR) is 134 cm³/mol. The van der Waals surface area contributed by atoms with E-state index in [1.165, 1.54) is 6.07 Å². The number of aliphatic hydroxyl groups is 4. The van der Waals surface area contributed by atoms with Crippen LogP contribution in [0.3, 0.4) is 0 Å². The highest BCUT2D eigenvalue weighted by atomic mass is 16.4. The van der Waals surface area contributed by atoms with Gasteiger partial charge in [0.2, 0.25) is 5.78 Å². The van der Waals surface area contributed by atoms with Gasteiger partial charge in [0, 0.05) is 30.3 Å². The summed E-state index contributed by atoms with van der Waals surface area (Å²) >= 11 is 0. The van der Waals surface area contributed by atoms with E-state index in [-0.39, 0.29) is 28.7 Å². The number of benzene rings is 1. The van der Waals surface area contributed by atoms with Crippen molar-refractivity contribution in [3.63, 3.8) is 0 Å². The minimum atomic E-state index is -2.74. The molecular formula is C29H34O8. The molecule has 1 aromatic carbocycles. The van der Waals surface area contributed by atoms with Crippen molar-refractivity contribution in [1.82, 2.24) is 0 Å². The molecule has 37 heavy (non-hydrogen) atoms. The minimum absolute atomic E-state index is 0.0256. The number of ketones is 3. The molecule has 1 aromatic rings. The number of phenolic OH excluding ortho intramolecular Hbond substituents is 1. The SMILES string of the molecule is CCC1(CC(=O)C2=C(O)[C@@]3(O)C(=O)C4=C(O)c5c(O)cccc5[C@H](C)[C@H]4[C@H](O)[C@H]3CC2=O)CCCCC1. The lowest BCUT2D eigenvalue weighted by Gasteiger charge is -2.50. The fraction of sp³-hybridized carbons (Fsp3) is 0.552. The van der Waals surface area contributed by atoms with Crippen LogP contribution >= 0.6 is 0 Å². The Balaban J connectivity index is 1.62. The van der Waals surface area contributed by atoms with E-state index >= 15 is 0 Å². The second-order valence-corrected chi connectivity index (χ2v) is 11.4. The van der Waals surface area contributed by atoms with E-state index < -0.39 is 70.3 Å². The number of allylic oxidation sites excluding steroid dienone is 1. The number of carbonyl (C=O) groups is 3. The first kappa shape index (κ1) is 25.7. The first-order valence-corrected chi connectivity index (χ1v) is 13.2. The fourth-order valence-corrected chi connectivity index (χ4v) is 7.38. The van der Waals surface area contributed by atoms with E-state index in [0.29, 0.717) is 5.56 Å². The van der Waals surface area contributed by atoms with E-state index in [9.17, 15) is 39.9 Å². The van der Waals surface area contributed by atoms with Crippen LogP contribution in [0.4, 0.5) is 0 Å². The zero-order valence-corrected chi connectivity index (χ0v) is 21.2.